The van der Waals surface area contributed by atoms with E-state index in [4.69, 9.17) is 11.6 Å². The molecule has 0 aliphatic carbocycles. The first kappa shape index (κ1) is 12.6. The molecule has 1 N–H and O–H groups in total. The maximum atomic E-state index is 6.19. The highest BCUT2D eigenvalue weighted by molar-refractivity contribution is 7.10. The van der Waals surface area contributed by atoms with Crippen molar-refractivity contribution in [1.82, 2.24) is 5.32 Å². The second-order valence-electron chi connectivity index (χ2n) is 4.15. The molecule has 1 nitrogen and oxygen atoms in total. The minimum Gasteiger partial charge on any atom is -0.303 e. The monoisotopic (exact) mass is 265 g/mol. The molecule has 0 aliphatic rings. The Hall–Kier alpha value is -0.830. The molecule has 2 aromatic rings. The Balaban J connectivity index is 2.07. The molecule has 90 valence electrons. The smallest absolute Gasteiger partial charge is 0.0453 e. The van der Waals surface area contributed by atoms with E-state index in [0.717, 1.165) is 10.6 Å². The van der Waals surface area contributed by atoms with Crippen LogP contribution >= 0.6 is 22.9 Å². The minimum absolute atomic E-state index is 0.251. The van der Waals surface area contributed by atoms with Crippen LogP contribution in [-0.4, -0.2) is 0 Å². The third kappa shape index (κ3) is 3.09. The normalized spacial score (nSPS) is 14.5. The number of hydrogen-bond acceptors (Lipinski definition) is 2. The summed E-state index contributed by atoms with van der Waals surface area (Å²) in [5.74, 6) is 0. The van der Waals surface area contributed by atoms with Gasteiger partial charge < -0.3 is 5.32 Å². The summed E-state index contributed by atoms with van der Waals surface area (Å²) >= 11 is 7.97. The standard InChI is InChI=1S/C14H16ClNS/c1-10(12-6-3-4-7-13(12)15)16-11(2)14-8-5-9-17-14/h3-11,16H,1-2H3/t10?,11-/m1/s1. The molecule has 1 aromatic heterocycles. The van der Waals surface area contributed by atoms with E-state index in [0.29, 0.717) is 6.04 Å². The summed E-state index contributed by atoms with van der Waals surface area (Å²) in [6.45, 7) is 4.32. The lowest BCUT2D eigenvalue weighted by molar-refractivity contribution is 0.500. The zero-order valence-corrected chi connectivity index (χ0v) is 11.6. The summed E-state index contributed by atoms with van der Waals surface area (Å²) in [5.41, 5.74) is 1.15. The highest BCUT2D eigenvalue weighted by Gasteiger charge is 2.13. The van der Waals surface area contributed by atoms with E-state index in [2.05, 4.69) is 42.7 Å². The van der Waals surface area contributed by atoms with Crippen molar-refractivity contribution in [1.29, 1.82) is 0 Å². The number of nitrogens with one attached hydrogen (secondary N) is 1. The van der Waals surface area contributed by atoms with E-state index in [1.54, 1.807) is 11.3 Å². The van der Waals surface area contributed by atoms with Crippen LogP contribution in [0.2, 0.25) is 5.02 Å². The zero-order valence-electron chi connectivity index (χ0n) is 9.98. The van der Waals surface area contributed by atoms with Gasteiger partial charge in [0.2, 0.25) is 0 Å². The molecule has 1 heterocycles. The van der Waals surface area contributed by atoms with Gasteiger partial charge in [0.25, 0.3) is 0 Å². The molecule has 2 atom stereocenters. The van der Waals surface area contributed by atoms with Crippen LogP contribution in [-0.2, 0) is 0 Å². The lowest BCUT2D eigenvalue weighted by Crippen LogP contribution is -2.22. The highest BCUT2D eigenvalue weighted by Crippen LogP contribution is 2.26. The molecule has 0 spiro atoms. The molecule has 0 fully saturated rings. The van der Waals surface area contributed by atoms with Gasteiger partial charge in [0.1, 0.15) is 0 Å². The summed E-state index contributed by atoms with van der Waals surface area (Å²) in [4.78, 5) is 1.35. The lowest BCUT2D eigenvalue weighted by Gasteiger charge is -2.20. The summed E-state index contributed by atoms with van der Waals surface area (Å²) in [6, 6.07) is 12.8. The number of halogens is 1. The van der Waals surface area contributed by atoms with Crippen LogP contribution in [0.15, 0.2) is 41.8 Å². The maximum Gasteiger partial charge on any atom is 0.0453 e. The van der Waals surface area contributed by atoms with Crippen molar-refractivity contribution in [3.63, 3.8) is 0 Å². The van der Waals surface area contributed by atoms with Crippen molar-refractivity contribution in [2.45, 2.75) is 25.9 Å². The van der Waals surface area contributed by atoms with Gasteiger partial charge >= 0.3 is 0 Å². The van der Waals surface area contributed by atoms with Crippen molar-refractivity contribution in [2.75, 3.05) is 0 Å². The maximum absolute atomic E-state index is 6.19. The van der Waals surface area contributed by atoms with Gasteiger partial charge in [0, 0.05) is 22.0 Å². The van der Waals surface area contributed by atoms with Gasteiger partial charge in [-0.3, -0.25) is 0 Å². The van der Waals surface area contributed by atoms with E-state index in [-0.39, 0.29) is 6.04 Å². The Bertz CT molecular complexity index is 467. The van der Waals surface area contributed by atoms with Crippen LogP contribution in [0, 0.1) is 0 Å². The van der Waals surface area contributed by atoms with E-state index in [1.165, 1.54) is 4.88 Å². The Morgan fingerprint density at radius 2 is 1.82 bits per heavy atom. The largest absolute Gasteiger partial charge is 0.303 e. The zero-order chi connectivity index (χ0) is 12.3. The first-order chi connectivity index (χ1) is 8.18. The quantitative estimate of drug-likeness (QED) is 0.836. The van der Waals surface area contributed by atoms with E-state index in [1.807, 2.05) is 18.2 Å². The van der Waals surface area contributed by atoms with Crippen LogP contribution in [0.4, 0.5) is 0 Å². The molecular weight excluding hydrogens is 250 g/mol. The Kier molecular flexibility index (Phi) is 4.21. The van der Waals surface area contributed by atoms with Gasteiger partial charge in [-0.15, -0.1) is 11.3 Å². The Morgan fingerprint density at radius 3 is 2.47 bits per heavy atom. The van der Waals surface area contributed by atoms with Crippen molar-refractivity contribution in [3.8, 4) is 0 Å². The van der Waals surface area contributed by atoms with E-state index >= 15 is 0 Å². The van der Waals surface area contributed by atoms with Crippen LogP contribution in [0.1, 0.15) is 36.4 Å². The first-order valence-electron chi connectivity index (χ1n) is 5.72. The van der Waals surface area contributed by atoms with Gasteiger partial charge in [-0.05, 0) is 36.9 Å². The second kappa shape index (κ2) is 5.67. The fraction of sp³-hybridized carbons (Fsp3) is 0.286. The number of rotatable bonds is 4. The number of benzene rings is 1. The molecule has 0 saturated heterocycles. The fourth-order valence-corrected chi connectivity index (χ4v) is 2.95. The number of thiophene rings is 1. The molecular formula is C14H16ClNS. The van der Waals surface area contributed by atoms with Gasteiger partial charge in [0.05, 0.1) is 0 Å². The van der Waals surface area contributed by atoms with Gasteiger partial charge in [-0.2, -0.15) is 0 Å². The Morgan fingerprint density at radius 1 is 1.06 bits per heavy atom. The molecule has 0 saturated carbocycles. The van der Waals surface area contributed by atoms with Crippen molar-refractivity contribution >= 4 is 22.9 Å². The average Bonchev–Trinajstić information content (AvgIpc) is 2.82. The van der Waals surface area contributed by atoms with Gasteiger partial charge in [-0.1, -0.05) is 35.9 Å². The molecule has 2 rings (SSSR count). The first-order valence-corrected chi connectivity index (χ1v) is 6.98. The topological polar surface area (TPSA) is 12.0 Å². The summed E-state index contributed by atoms with van der Waals surface area (Å²) in [5, 5.41) is 6.50. The SMILES string of the molecule is CC(N[C@H](C)c1cccs1)c1ccccc1Cl. The third-order valence-corrected chi connectivity index (χ3v) is 4.24. The van der Waals surface area contributed by atoms with E-state index < -0.39 is 0 Å². The summed E-state index contributed by atoms with van der Waals surface area (Å²) in [7, 11) is 0. The molecule has 3 heteroatoms. The predicted molar refractivity (Wildman–Crippen MR) is 75.7 cm³/mol. The molecule has 0 aliphatic heterocycles. The van der Waals surface area contributed by atoms with Crippen LogP contribution < -0.4 is 5.32 Å². The molecule has 0 bridgehead atoms. The molecule has 1 unspecified atom stereocenters. The Labute approximate surface area is 111 Å². The fourth-order valence-electron chi connectivity index (χ4n) is 1.91. The van der Waals surface area contributed by atoms with Crippen molar-refractivity contribution < 1.29 is 0 Å². The molecule has 0 amide bonds. The average molecular weight is 266 g/mol. The minimum atomic E-state index is 0.251. The van der Waals surface area contributed by atoms with Crippen LogP contribution in [0.25, 0.3) is 0 Å². The van der Waals surface area contributed by atoms with E-state index in [9.17, 15) is 0 Å². The van der Waals surface area contributed by atoms with Gasteiger partial charge in [-0.25, -0.2) is 0 Å². The van der Waals surface area contributed by atoms with Crippen LogP contribution in [0.3, 0.4) is 0 Å². The number of hydrogen-bond donors (Lipinski definition) is 1. The summed E-state index contributed by atoms with van der Waals surface area (Å²) < 4.78 is 0. The molecule has 1 aromatic carbocycles. The third-order valence-electron chi connectivity index (χ3n) is 2.84. The molecule has 17 heavy (non-hydrogen) atoms. The highest BCUT2D eigenvalue weighted by atomic mass is 35.5. The predicted octanol–water partition coefficient (Wildman–Crippen LogP) is 4.81. The van der Waals surface area contributed by atoms with Crippen LogP contribution in [0.5, 0.6) is 0 Å². The van der Waals surface area contributed by atoms with Gasteiger partial charge in [0.15, 0.2) is 0 Å². The second-order valence-corrected chi connectivity index (χ2v) is 5.53. The van der Waals surface area contributed by atoms with Crippen molar-refractivity contribution in [2.24, 2.45) is 0 Å². The van der Waals surface area contributed by atoms with Crippen molar-refractivity contribution in [3.05, 3.63) is 57.2 Å². The molecule has 0 radical (unpaired) electrons. The lowest BCUT2D eigenvalue weighted by atomic mass is 10.1. The summed E-state index contributed by atoms with van der Waals surface area (Å²) in [6.07, 6.45) is 0.